The first-order chi connectivity index (χ1) is 6.16. The van der Waals surface area contributed by atoms with Crippen LogP contribution in [0, 0.1) is 0 Å². The second-order valence-corrected chi connectivity index (χ2v) is 3.43. The molecule has 0 fully saturated rings. The number of hydrogen-bond donors (Lipinski definition) is 2. The van der Waals surface area contributed by atoms with Crippen molar-refractivity contribution in [2.45, 2.75) is 18.7 Å². The number of thiol groups is 1. The van der Waals surface area contributed by atoms with Gasteiger partial charge >= 0.3 is 0 Å². The lowest BCUT2D eigenvalue weighted by Gasteiger charge is -2.29. The maximum Gasteiger partial charge on any atom is 0.247 e. The molecule has 3 nitrogen and oxygen atoms in total. The Morgan fingerprint density at radius 1 is 1.77 bits per heavy atom. The normalized spacial score (nSPS) is 21.5. The van der Waals surface area contributed by atoms with Gasteiger partial charge in [-0.05, 0) is 18.6 Å². The van der Waals surface area contributed by atoms with Crippen LogP contribution in [-0.4, -0.2) is 22.7 Å². The van der Waals surface area contributed by atoms with Crippen molar-refractivity contribution >= 4 is 18.5 Å². The van der Waals surface area contributed by atoms with Crippen molar-refractivity contribution < 1.29 is 4.79 Å². The number of hydrogen-bond acceptors (Lipinski definition) is 3. The van der Waals surface area contributed by atoms with E-state index in [1.54, 1.807) is 6.08 Å². The van der Waals surface area contributed by atoms with E-state index < -0.39 is 5.91 Å². The van der Waals surface area contributed by atoms with Crippen molar-refractivity contribution in [2.75, 3.05) is 6.54 Å². The number of carbonyl (C=O) groups excluding carboxylic acids is 1. The van der Waals surface area contributed by atoms with Gasteiger partial charge in [-0.3, -0.25) is 4.79 Å². The van der Waals surface area contributed by atoms with Crippen LogP contribution >= 0.6 is 12.6 Å². The Hall–Kier alpha value is -0.900. The third-order valence-electron chi connectivity index (χ3n) is 1.91. The highest BCUT2D eigenvalue weighted by Crippen LogP contribution is 2.19. The number of allylic oxidation sites excluding steroid dienone is 2. The van der Waals surface area contributed by atoms with E-state index in [-0.39, 0.29) is 5.37 Å². The summed E-state index contributed by atoms with van der Waals surface area (Å²) in [6.07, 6.45) is 6.48. The quantitative estimate of drug-likeness (QED) is 0.662. The second kappa shape index (κ2) is 4.37. The summed E-state index contributed by atoms with van der Waals surface area (Å²) in [7, 11) is 0. The van der Waals surface area contributed by atoms with E-state index in [0.29, 0.717) is 5.57 Å². The lowest BCUT2D eigenvalue weighted by Crippen LogP contribution is -2.35. The molecular formula is C9H14N2OS. The molecule has 1 unspecified atom stereocenters. The van der Waals surface area contributed by atoms with Crippen LogP contribution in [0.2, 0.25) is 0 Å². The first-order valence-corrected chi connectivity index (χ1v) is 4.80. The van der Waals surface area contributed by atoms with Crippen molar-refractivity contribution in [3.8, 4) is 0 Å². The highest BCUT2D eigenvalue weighted by molar-refractivity contribution is 7.81. The van der Waals surface area contributed by atoms with E-state index in [1.807, 2.05) is 17.2 Å². The molecule has 0 saturated carbocycles. The molecule has 1 heterocycles. The highest BCUT2D eigenvalue weighted by Gasteiger charge is 2.21. The predicted molar refractivity (Wildman–Crippen MR) is 56.2 cm³/mol. The number of rotatable bonds is 3. The fraction of sp³-hybridized carbons (Fsp3) is 0.444. The Balaban J connectivity index is 2.74. The first-order valence-electron chi connectivity index (χ1n) is 4.28. The van der Waals surface area contributed by atoms with Crippen LogP contribution < -0.4 is 5.73 Å². The summed E-state index contributed by atoms with van der Waals surface area (Å²) in [5.74, 6) is -0.398. The summed E-state index contributed by atoms with van der Waals surface area (Å²) in [6, 6.07) is 0. The maximum atomic E-state index is 11.0. The van der Waals surface area contributed by atoms with Gasteiger partial charge in [-0.1, -0.05) is 6.92 Å². The van der Waals surface area contributed by atoms with Crippen molar-refractivity contribution in [1.82, 2.24) is 4.90 Å². The lowest BCUT2D eigenvalue weighted by molar-refractivity contribution is -0.114. The molecule has 1 rings (SSSR count). The van der Waals surface area contributed by atoms with E-state index in [1.165, 1.54) is 0 Å². The van der Waals surface area contributed by atoms with Gasteiger partial charge in [-0.25, -0.2) is 0 Å². The summed E-state index contributed by atoms with van der Waals surface area (Å²) < 4.78 is 0. The minimum Gasteiger partial charge on any atom is -0.366 e. The molecule has 4 heteroatoms. The average Bonchev–Trinajstić information content (AvgIpc) is 2.08. The van der Waals surface area contributed by atoms with Gasteiger partial charge in [0.05, 0.1) is 0 Å². The highest BCUT2D eigenvalue weighted by atomic mass is 32.1. The van der Waals surface area contributed by atoms with Gasteiger partial charge < -0.3 is 10.6 Å². The molecule has 13 heavy (non-hydrogen) atoms. The van der Waals surface area contributed by atoms with E-state index in [2.05, 4.69) is 19.6 Å². The van der Waals surface area contributed by atoms with Gasteiger partial charge in [0.25, 0.3) is 0 Å². The molecule has 0 radical (unpaired) electrons. The fourth-order valence-electron chi connectivity index (χ4n) is 1.27. The number of primary amides is 1. The molecule has 2 N–H and O–H groups in total. The van der Waals surface area contributed by atoms with Crippen LogP contribution in [-0.2, 0) is 4.79 Å². The summed E-state index contributed by atoms with van der Waals surface area (Å²) in [5, 5.41) is -0.192. The minimum absolute atomic E-state index is 0.192. The zero-order valence-electron chi connectivity index (χ0n) is 7.60. The van der Waals surface area contributed by atoms with E-state index in [4.69, 9.17) is 5.73 Å². The molecule has 0 spiro atoms. The van der Waals surface area contributed by atoms with Crippen LogP contribution in [0.5, 0.6) is 0 Å². The number of carbonyl (C=O) groups is 1. The molecule has 0 bridgehead atoms. The molecule has 1 atom stereocenters. The summed E-state index contributed by atoms with van der Waals surface area (Å²) in [4.78, 5) is 12.9. The van der Waals surface area contributed by atoms with Gasteiger partial charge in [0.2, 0.25) is 5.91 Å². The van der Waals surface area contributed by atoms with Gasteiger partial charge in [0, 0.05) is 18.3 Å². The molecule has 0 saturated heterocycles. The Labute approximate surface area is 83.7 Å². The van der Waals surface area contributed by atoms with Crippen LogP contribution in [0.4, 0.5) is 0 Å². The zero-order chi connectivity index (χ0) is 9.84. The monoisotopic (exact) mass is 198 g/mol. The summed E-state index contributed by atoms with van der Waals surface area (Å²) >= 11 is 4.33. The van der Waals surface area contributed by atoms with Crippen molar-refractivity contribution in [3.63, 3.8) is 0 Å². The molecule has 1 amide bonds. The van der Waals surface area contributed by atoms with Crippen molar-refractivity contribution in [2.24, 2.45) is 5.73 Å². The van der Waals surface area contributed by atoms with Crippen LogP contribution in [0.1, 0.15) is 13.3 Å². The molecule has 0 aromatic carbocycles. The van der Waals surface area contributed by atoms with E-state index in [9.17, 15) is 4.79 Å². The molecule has 72 valence electrons. The molecular weight excluding hydrogens is 184 g/mol. The predicted octanol–water partition coefficient (Wildman–Crippen LogP) is 0.893. The Bertz CT molecular complexity index is 260. The topological polar surface area (TPSA) is 46.3 Å². The van der Waals surface area contributed by atoms with E-state index in [0.717, 1.165) is 13.0 Å². The smallest absolute Gasteiger partial charge is 0.247 e. The molecule has 0 aromatic rings. The summed E-state index contributed by atoms with van der Waals surface area (Å²) in [5.41, 5.74) is 5.75. The van der Waals surface area contributed by atoms with E-state index >= 15 is 0 Å². The van der Waals surface area contributed by atoms with Crippen LogP contribution in [0.25, 0.3) is 0 Å². The second-order valence-electron chi connectivity index (χ2n) is 2.94. The Morgan fingerprint density at radius 2 is 2.46 bits per heavy atom. The standard InChI is InChI=1S/C9H14N2OS/c1-2-5-11-6-3-4-7(8(10)12)9(11)13/h3-4,6,9,13H,2,5H2,1H3,(H2,10,12). The summed E-state index contributed by atoms with van der Waals surface area (Å²) in [6.45, 7) is 2.96. The van der Waals surface area contributed by atoms with Gasteiger partial charge in [-0.2, -0.15) is 0 Å². The third-order valence-corrected chi connectivity index (χ3v) is 2.49. The maximum absolute atomic E-state index is 11.0. The van der Waals surface area contributed by atoms with Gasteiger partial charge in [0.15, 0.2) is 0 Å². The van der Waals surface area contributed by atoms with Crippen LogP contribution in [0.15, 0.2) is 23.9 Å². The largest absolute Gasteiger partial charge is 0.366 e. The van der Waals surface area contributed by atoms with Crippen molar-refractivity contribution in [3.05, 3.63) is 23.9 Å². The molecule has 0 aromatic heterocycles. The van der Waals surface area contributed by atoms with Gasteiger partial charge in [-0.15, -0.1) is 12.6 Å². The number of amides is 1. The van der Waals surface area contributed by atoms with Gasteiger partial charge in [0.1, 0.15) is 5.37 Å². The SMILES string of the molecule is CCCN1C=CC=C(C(N)=O)C1S. The number of nitrogens with two attached hydrogens (primary N) is 1. The fourth-order valence-corrected chi connectivity index (χ4v) is 1.67. The third kappa shape index (κ3) is 2.28. The first kappa shape index (κ1) is 10.2. The molecule has 0 aliphatic carbocycles. The molecule has 1 aliphatic heterocycles. The Morgan fingerprint density at radius 3 is 3.00 bits per heavy atom. The lowest BCUT2D eigenvalue weighted by atomic mass is 10.1. The zero-order valence-corrected chi connectivity index (χ0v) is 8.50. The van der Waals surface area contributed by atoms with Crippen molar-refractivity contribution in [1.29, 1.82) is 0 Å². The molecule has 1 aliphatic rings. The minimum atomic E-state index is -0.398. The number of nitrogens with zero attached hydrogens (tertiary/aromatic N) is 1. The Kier molecular flexibility index (Phi) is 3.42. The van der Waals surface area contributed by atoms with Crippen LogP contribution in [0.3, 0.4) is 0 Å². The average molecular weight is 198 g/mol.